The monoisotopic (exact) mass is 352 g/mol. The van der Waals surface area contributed by atoms with Crippen LogP contribution in [0, 0.1) is 19.8 Å². The number of aryl methyl sites for hydroxylation is 2. The van der Waals surface area contributed by atoms with Gasteiger partial charge in [-0.15, -0.1) is 0 Å². The minimum Gasteiger partial charge on any atom is -0.493 e. The number of carbonyl (C=O) groups is 1. The van der Waals surface area contributed by atoms with E-state index in [1.165, 1.54) is 0 Å². The van der Waals surface area contributed by atoms with E-state index in [9.17, 15) is 4.79 Å². The van der Waals surface area contributed by atoms with Gasteiger partial charge in [0.2, 0.25) is 5.91 Å². The lowest BCUT2D eigenvalue weighted by atomic mass is 9.99. The third-order valence-corrected chi connectivity index (χ3v) is 4.87. The lowest BCUT2D eigenvalue weighted by Crippen LogP contribution is -2.42. The summed E-state index contributed by atoms with van der Waals surface area (Å²) in [6, 6.07) is 16.1. The number of piperidine rings is 1. The Balaban J connectivity index is 1.48. The van der Waals surface area contributed by atoms with Crippen molar-refractivity contribution in [3.63, 3.8) is 0 Å². The molecule has 1 N–H and O–H groups in total. The van der Waals surface area contributed by atoms with Gasteiger partial charge < -0.3 is 10.1 Å². The number of amides is 1. The largest absolute Gasteiger partial charge is 0.493 e. The molecule has 1 saturated heterocycles. The summed E-state index contributed by atoms with van der Waals surface area (Å²) in [6.45, 7) is 7.09. The second kappa shape index (κ2) is 8.86. The van der Waals surface area contributed by atoms with E-state index in [4.69, 9.17) is 4.74 Å². The highest BCUT2D eigenvalue weighted by atomic mass is 16.5. The quantitative estimate of drug-likeness (QED) is 0.853. The van der Waals surface area contributed by atoms with Crippen molar-refractivity contribution in [3.8, 4) is 5.75 Å². The van der Waals surface area contributed by atoms with Crippen LogP contribution in [0.2, 0.25) is 0 Å². The molecule has 1 fully saturated rings. The maximum atomic E-state index is 12.4. The molecule has 1 atom stereocenters. The van der Waals surface area contributed by atoms with Crippen molar-refractivity contribution in [2.75, 3.05) is 31.6 Å². The molecular formula is C22H28N2O2. The molecular weight excluding hydrogens is 324 g/mol. The van der Waals surface area contributed by atoms with Gasteiger partial charge in [-0.3, -0.25) is 9.69 Å². The first-order valence-electron chi connectivity index (χ1n) is 9.37. The van der Waals surface area contributed by atoms with E-state index in [0.717, 1.165) is 48.5 Å². The molecule has 2 aromatic carbocycles. The second-order valence-corrected chi connectivity index (χ2v) is 7.23. The summed E-state index contributed by atoms with van der Waals surface area (Å²) in [5, 5.41) is 3.06. The SMILES string of the molecule is Cc1ccc(C)c(NC(=O)CN2CCCC(COc3ccccc3)C2)c1. The van der Waals surface area contributed by atoms with E-state index in [0.29, 0.717) is 19.1 Å². The normalized spacial score (nSPS) is 17.7. The number of likely N-dealkylation sites (tertiary alicyclic amines) is 1. The van der Waals surface area contributed by atoms with Crippen LogP contribution in [0.1, 0.15) is 24.0 Å². The van der Waals surface area contributed by atoms with Crippen molar-refractivity contribution in [1.29, 1.82) is 0 Å². The topological polar surface area (TPSA) is 41.6 Å². The molecule has 26 heavy (non-hydrogen) atoms. The lowest BCUT2D eigenvalue weighted by Gasteiger charge is -2.32. The van der Waals surface area contributed by atoms with Crippen LogP contribution in [0.3, 0.4) is 0 Å². The Bertz CT molecular complexity index is 730. The fourth-order valence-corrected chi connectivity index (χ4v) is 3.43. The van der Waals surface area contributed by atoms with Crippen molar-refractivity contribution < 1.29 is 9.53 Å². The number of rotatable bonds is 6. The molecule has 1 aliphatic heterocycles. The van der Waals surface area contributed by atoms with Crippen LogP contribution in [-0.2, 0) is 4.79 Å². The van der Waals surface area contributed by atoms with Gasteiger partial charge in [-0.25, -0.2) is 0 Å². The number of ether oxygens (including phenoxy) is 1. The summed E-state index contributed by atoms with van der Waals surface area (Å²) in [7, 11) is 0. The summed E-state index contributed by atoms with van der Waals surface area (Å²) in [5.74, 6) is 1.44. The predicted molar refractivity (Wildman–Crippen MR) is 106 cm³/mol. The zero-order valence-corrected chi connectivity index (χ0v) is 15.7. The average molecular weight is 352 g/mol. The van der Waals surface area contributed by atoms with Gasteiger partial charge in [-0.1, -0.05) is 30.3 Å². The van der Waals surface area contributed by atoms with E-state index >= 15 is 0 Å². The molecule has 1 heterocycles. The van der Waals surface area contributed by atoms with Crippen LogP contribution in [0.4, 0.5) is 5.69 Å². The van der Waals surface area contributed by atoms with Crippen LogP contribution in [0.5, 0.6) is 5.75 Å². The molecule has 0 radical (unpaired) electrons. The molecule has 1 aliphatic rings. The van der Waals surface area contributed by atoms with Gasteiger partial charge in [0.25, 0.3) is 0 Å². The molecule has 1 amide bonds. The number of benzene rings is 2. The lowest BCUT2D eigenvalue weighted by molar-refractivity contribution is -0.117. The van der Waals surface area contributed by atoms with E-state index in [1.54, 1.807) is 0 Å². The standard InChI is InChI=1S/C22H28N2O2/c1-17-10-11-18(2)21(13-17)23-22(25)15-24-12-6-7-19(14-24)16-26-20-8-4-3-5-9-20/h3-5,8-11,13,19H,6-7,12,14-16H2,1-2H3,(H,23,25). The Labute approximate surface area is 156 Å². The summed E-state index contributed by atoms with van der Waals surface area (Å²) in [5.41, 5.74) is 3.16. The first-order valence-corrected chi connectivity index (χ1v) is 9.37. The van der Waals surface area contributed by atoms with Gasteiger partial charge in [-0.2, -0.15) is 0 Å². The Kier molecular flexibility index (Phi) is 6.29. The smallest absolute Gasteiger partial charge is 0.238 e. The summed E-state index contributed by atoms with van der Waals surface area (Å²) < 4.78 is 5.90. The molecule has 4 heteroatoms. The van der Waals surface area contributed by atoms with Crippen molar-refractivity contribution >= 4 is 11.6 Å². The zero-order chi connectivity index (χ0) is 18.4. The fourth-order valence-electron chi connectivity index (χ4n) is 3.43. The molecule has 0 bridgehead atoms. The number of nitrogens with one attached hydrogen (secondary N) is 1. The zero-order valence-electron chi connectivity index (χ0n) is 15.7. The molecule has 0 aliphatic carbocycles. The fraction of sp³-hybridized carbons (Fsp3) is 0.409. The maximum Gasteiger partial charge on any atom is 0.238 e. The van der Waals surface area contributed by atoms with Gasteiger partial charge >= 0.3 is 0 Å². The highest BCUT2D eigenvalue weighted by Crippen LogP contribution is 2.20. The Hall–Kier alpha value is -2.33. The predicted octanol–water partition coefficient (Wildman–Crippen LogP) is 4.03. The molecule has 1 unspecified atom stereocenters. The van der Waals surface area contributed by atoms with Crippen LogP contribution < -0.4 is 10.1 Å². The molecule has 0 aromatic heterocycles. The van der Waals surface area contributed by atoms with Gasteiger partial charge in [0.05, 0.1) is 13.2 Å². The highest BCUT2D eigenvalue weighted by Gasteiger charge is 2.22. The second-order valence-electron chi connectivity index (χ2n) is 7.23. The van der Waals surface area contributed by atoms with Crippen molar-refractivity contribution in [1.82, 2.24) is 4.90 Å². The first-order chi connectivity index (χ1) is 12.6. The molecule has 0 spiro atoms. The summed E-state index contributed by atoms with van der Waals surface area (Å²) in [4.78, 5) is 14.7. The molecule has 0 saturated carbocycles. The molecule has 138 valence electrons. The maximum absolute atomic E-state index is 12.4. The summed E-state index contributed by atoms with van der Waals surface area (Å²) >= 11 is 0. The molecule has 4 nitrogen and oxygen atoms in total. The number of hydrogen-bond donors (Lipinski definition) is 1. The van der Waals surface area contributed by atoms with Crippen LogP contribution in [0.15, 0.2) is 48.5 Å². The first kappa shape index (κ1) is 18.5. The number of para-hydroxylation sites is 1. The Morgan fingerprint density at radius 2 is 2.00 bits per heavy atom. The van der Waals surface area contributed by atoms with Gasteiger partial charge in [-0.05, 0) is 62.6 Å². The van der Waals surface area contributed by atoms with Gasteiger partial charge in [0.1, 0.15) is 5.75 Å². The van der Waals surface area contributed by atoms with E-state index in [1.807, 2.05) is 56.3 Å². The number of hydrogen-bond acceptors (Lipinski definition) is 3. The third-order valence-electron chi connectivity index (χ3n) is 4.87. The highest BCUT2D eigenvalue weighted by molar-refractivity contribution is 5.93. The Morgan fingerprint density at radius 1 is 1.19 bits per heavy atom. The van der Waals surface area contributed by atoms with Crippen LogP contribution in [-0.4, -0.2) is 37.0 Å². The number of carbonyl (C=O) groups excluding carboxylic acids is 1. The van der Waals surface area contributed by atoms with Crippen molar-refractivity contribution in [2.24, 2.45) is 5.92 Å². The summed E-state index contributed by atoms with van der Waals surface area (Å²) in [6.07, 6.45) is 2.27. The van der Waals surface area contributed by atoms with Crippen molar-refractivity contribution in [2.45, 2.75) is 26.7 Å². The minimum absolute atomic E-state index is 0.0586. The van der Waals surface area contributed by atoms with Crippen molar-refractivity contribution in [3.05, 3.63) is 59.7 Å². The number of anilines is 1. The third kappa shape index (κ3) is 5.33. The molecule has 3 rings (SSSR count). The van der Waals surface area contributed by atoms with Crippen LogP contribution in [0.25, 0.3) is 0 Å². The van der Waals surface area contributed by atoms with Gasteiger partial charge in [0.15, 0.2) is 0 Å². The Morgan fingerprint density at radius 3 is 2.81 bits per heavy atom. The molecule has 2 aromatic rings. The number of nitrogens with zero attached hydrogens (tertiary/aromatic N) is 1. The average Bonchev–Trinajstić information content (AvgIpc) is 2.64. The van der Waals surface area contributed by atoms with Gasteiger partial charge in [0, 0.05) is 18.2 Å². The van der Waals surface area contributed by atoms with Crippen LogP contribution >= 0.6 is 0 Å². The van der Waals surface area contributed by atoms with E-state index in [2.05, 4.69) is 16.3 Å². The van der Waals surface area contributed by atoms with E-state index < -0.39 is 0 Å². The van der Waals surface area contributed by atoms with E-state index in [-0.39, 0.29) is 5.91 Å². The minimum atomic E-state index is 0.0586.